The highest BCUT2D eigenvalue weighted by Crippen LogP contribution is 2.40. The third kappa shape index (κ3) is 3.72. The predicted molar refractivity (Wildman–Crippen MR) is 73.9 cm³/mol. The van der Waals surface area contributed by atoms with E-state index in [2.05, 4.69) is 0 Å². The molecular weight excluding hydrogens is 250 g/mol. The van der Waals surface area contributed by atoms with Crippen molar-refractivity contribution < 1.29 is 9.90 Å². The van der Waals surface area contributed by atoms with E-state index < -0.39 is 5.97 Å². The monoisotopic (exact) mass is 269 g/mol. The molecule has 1 rings (SSSR count). The molecule has 0 aromatic heterocycles. The quantitative estimate of drug-likeness (QED) is 0.890. The highest BCUT2D eigenvalue weighted by molar-refractivity contribution is 6.30. The Kier molecular flexibility index (Phi) is 4.77. The van der Waals surface area contributed by atoms with Crippen LogP contribution in [0.1, 0.15) is 31.9 Å². The smallest absolute Gasteiger partial charge is 0.303 e. The summed E-state index contributed by atoms with van der Waals surface area (Å²) in [5.74, 6) is -0.777. The van der Waals surface area contributed by atoms with Crippen LogP contribution in [0.3, 0.4) is 0 Å². The minimum absolute atomic E-state index is 0.0332. The molecule has 0 aliphatic heterocycles. The predicted octanol–water partition coefficient (Wildman–Crippen LogP) is 3.44. The van der Waals surface area contributed by atoms with Gasteiger partial charge in [-0.3, -0.25) is 4.79 Å². The third-order valence-corrected chi connectivity index (χ3v) is 3.30. The van der Waals surface area contributed by atoms with Gasteiger partial charge in [0.25, 0.3) is 0 Å². The molecule has 0 amide bonds. The van der Waals surface area contributed by atoms with Crippen LogP contribution in [0.15, 0.2) is 24.3 Å². The minimum atomic E-state index is -0.777. The van der Waals surface area contributed by atoms with Gasteiger partial charge in [-0.25, -0.2) is 0 Å². The molecule has 0 radical (unpaired) electrons. The van der Waals surface area contributed by atoms with Crippen LogP contribution in [-0.4, -0.2) is 30.1 Å². The van der Waals surface area contributed by atoms with Gasteiger partial charge in [-0.1, -0.05) is 37.6 Å². The number of carboxylic acids is 1. The van der Waals surface area contributed by atoms with Gasteiger partial charge in [0.1, 0.15) is 0 Å². The Balaban J connectivity index is 3.09. The number of hydrogen-bond acceptors (Lipinski definition) is 2. The van der Waals surface area contributed by atoms with Gasteiger partial charge in [-0.2, -0.15) is 0 Å². The Morgan fingerprint density at radius 1 is 1.33 bits per heavy atom. The molecule has 0 aliphatic rings. The fourth-order valence-electron chi connectivity index (χ4n) is 2.58. The van der Waals surface area contributed by atoms with Crippen molar-refractivity contribution in [3.63, 3.8) is 0 Å². The highest BCUT2D eigenvalue weighted by atomic mass is 35.5. The van der Waals surface area contributed by atoms with Crippen molar-refractivity contribution >= 4 is 17.6 Å². The van der Waals surface area contributed by atoms with E-state index in [9.17, 15) is 4.79 Å². The van der Waals surface area contributed by atoms with Gasteiger partial charge < -0.3 is 10.0 Å². The molecule has 0 bridgehead atoms. The SMILES string of the molecule is CN(C)C(c1ccc(Cl)cc1)C(C)(C)CC(=O)O. The molecule has 0 heterocycles. The zero-order valence-electron chi connectivity index (χ0n) is 11.3. The number of carbonyl (C=O) groups is 1. The van der Waals surface area contributed by atoms with Crippen molar-refractivity contribution in [3.8, 4) is 0 Å². The molecule has 1 N–H and O–H groups in total. The maximum atomic E-state index is 11.0. The third-order valence-electron chi connectivity index (χ3n) is 3.05. The van der Waals surface area contributed by atoms with Crippen LogP contribution in [0.2, 0.25) is 5.02 Å². The summed E-state index contributed by atoms with van der Waals surface area (Å²) in [6.07, 6.45) is 0.123. The van der Waals surface area contributed by atoms with Crippen molar-refractivity contribution in [3.05, 3.63) is 34.9 Å². The molecule has 1 atom stereocenters. The largest absolute Gasteiger partial charge is 0.481 e. The van der Waals surface area contributed by atoms with Gasteiger partial charge in [-0.05, 0) is 37.2 Å². The summed E-state index contributed by atoms with van der Waals surface area (Å²) in [6, 6.07) is 7.62. The topological polar surface area (TPSA) is 40.5 Å². The molecule has 18 heavy (non-hydrogen) atoms. The summed E-state index contributed by atoms with van der Waals surface area (Å²) in [5.41, 5.74) is 0.721. The second kappa shape index (κ2) is 5.72. The molecule has 100 valence electrons. The summed E-state index contributed by atoms with van der Waals surface area (Å²) in [7, 11) is 3.92. The summed E-state index contributed by atoms with van der Waals surface area (Å²) in [5, 5.41) is 9.72. The number of hydrogen-bond donors (Lipinski definition) is 1. The van der Waals surface area contributed by atoms with E-state index in [1.165, 1.54) is 0 Å². The van der Waals surface area contributed by atoms with Crippen molar-refractivity contribution in [1.29, 1.82) is 0 Å². The zero-order valence-corrected chi connectivity index (χ0v) is 12.0. The van der Waals surface area contributed by atoms with Crippen LogP contribution in [0.4, 0.5) is 0 Å². The summed E-state index contributed by atoms with van der Waals surface area (Å²) in [6.45, 7) is 3.95. The van der Waals surface area contributed by atoms with Crippen molar-refractivity contribution in [2.45, 2.75) is 26.3 Å². The van der Waals surface area contributed by atoms with E-state index in [-0.39, 0.29) is 17.9 Å². The maximum absolute atomic E-state index is 11.0. The van der Waals surface area contributed by atoms with E-state index in [4.69, 9.17) is 16.7 Å². The van der Waals surface area contributed by atoms with Crippen LogP contribution >= 0.6 is 11.6 Å². The van der Waals surface area contributed by atoms with Gasteiger partial charge in [-0.15, -0.1) is 0 Å². The fourth-order valence-corrected chi connectivity index (χ4v) is 2.71. The first-order chi connectivity index (χ1) is 8.24. The first-order valence-corrected chi connectivity index (χ1v) is 6.25. The first kappa shape index (κ1) is 15.0. The second-order valence-corrected chi connectivity index (χ2v) is 5.91. The summed E-state index contributed by atoms with van der Waals surface area (Å²) < 4.78 is 0. The van der Waals surface area contributed by atoms with Gasteiger partial charge in [0.2, 0.25) is 0 Å². The van der Waals surface area contributed by atoms with Crippen molar-refractivity contribution in [2.75, 3.05) is 14.1 Å². The lowest BCUT2D eigenvalue weighted by Gasteiger charge is -2.38. The van der Waals surface area contributed by atoms with Crippen LogP contribution in [0, 0.1) is 5.41 Å². The summed E-state index contributed by atoms with van der Waals surface area (Å²) >= 11 is 5.89. The van der Waals surface area contributed by atoms with Crippen molar-refractivity contribution in [2.24, 2.45) is 5.41 Å². The maximum Gasteiger partial charge on any atom is 0.303 e. The number of carboxylic acid groups (broad SMARTS) is 1. The van der Waals surface area contributed by atoms with Gasteiger partial charge in [0, 0.05) is 11.1 Å². The standard InChI is InChI=1S/C14H20ClNO2/c1-14(2,9-12(17)18)13(16(3)4)10-5-7-11(15)8-6-10/h5-8,13H,9H2,1-4H3,(H,17,18). The summed E-state index contributed by atoms with van der Waals surface area (Å²) in [4.78, 5) is 13.0. The normalized spacial score (nSPS) is 13.7. The first-order valence-electron chi connectivity index (χ1n) is 5.88. The van der Waals surface area contributed by atoms with Gasteiger partial charge in [0.05, 0.1) is 6.42 Å². The van der Waals surface area contributed by atoms with Crippen LogP contribution in [0.25, 0.3) is 0 Å². The molecule has 1 unspecified atom stereocenters. The Labute approximate surface area is 113 Å². The average molecular weight is 270 g/mol. The van der Waals surface area contributed by atoms with E-state index in [0.29, 0.717) is 5.02 Å². The van der Waals surface area contributed by atoms with Gasteiger partial charge >= 0.3 is 5.97 Å². The molecule has 1 aromatic rings. The highest BCUT2D eigenvalue weighted by Gasteiger charge is 2.34. The molecule has 0 saturated heterocycles. The Morgan fingerprint density at radius 3 is 2.22 bits per heavy atom. The lowest BCUT2D eigenvalue weighted by Crippen LogP contribution is -2.35. The molecule has 0 saturated carbocycles. The second-order valence-electron chi connectivity index (χ2n) is 5.48. The zero-order chi connectivity index (χ0) is 13.9. The van der Waals surface area contributed by atoms with E-state index >= 15 is 0 Å². The number of aliphatic carboxylic acids is 1. The number of rotatable bonds is 5. The molecule has 1 aromatic carbocycles. The van der Waals surface area contributed by atoms with E-state index in [1.807, 2.05) is 57.1 Å². The fraction of sp³-hybridized carbons (Fsp3) is 0.500. The molecule has 4 heteroatoms. The minimum Gasteiger partial charge on any atom is -0.481 e. The molecule has 0 spiro atoms. The van der Waals surface area contributed by atoms with E-state index in [0.717, 1.165) is 5.56 Å². The van der Waals surface area contributed by atoms with Crippen LogP contribution in [-0.2, 0) is 4.79 Å². The lowest BCUT2D eigenvalue weighted by molar-refractivity contribution is -0.140. The van der Waals surface area contributed by atoms with Gasteiger partial charge in [0.15, 0.2) is 0 Å². The lowest BCUT2D eigenvalue weighted by atomic mass is 9.77. The van der Waals surface area contributed by atoms with Crippen LogP contribution in [0.5, 0.6) is 0 Å². The van der Waals surface area contributed by atoms with Crippen molar-refractivity contribution in [1.82, 2.24) is 4.90 Å². The van der Waals surface area contributed by atoms with E-state index in [1.54, 1.807) is 0 Å². The molecule has 0 aliphatic carbocycles. The molecular formula is C14H20ClNO2. The molecule has 0 fully saturated rings. The molecule has 3 nitrogen and oxygen atoms in total. The van der Waals surface area contributed by atoms with Crippen LogP contribution < -0.4 is 0 Å². The average Bonchev–Trinajstić information content (AvgIpc) is 2.18. The number of benzene rings is 1. The Hall–Kier alpha value is -1.06. The Morgan fingerprint density at radius 2 is 1.83 bits per heavy atom. The Bertz CT molecular complexity index is 412. The number of halogens is 1. The number of nitrogens with zero attached hydrogens (tertiary/aromatic N) is 1.